The summed E-state index contributed by atoms with van der Waals surface area (Å²) in [6.45, 7) is 1.92. The molecule has 2 unspecified atom stereocenters. The molecule has 34 heavy (non-hydrogen) atoms. The zero-order valence-electron chi connectivity index (χ0n) is 18.2. The molecule has 176 valence electrons. The fourth-order valence-corrected chi connectivity index (χ4v) is 3.96. The van der Waals surface area contributed by atoms with E-state index in [0.29, 0.717) is 23.1 Å². The number of hydrogen-bond acceptors (Lipinski definition) is 6. The van der Waals surface area contributed by atoms with Gasteiger partial charge in [-0.25, -0.2) is 27.5 Å². The first-order chi connectivity index (χ1) is 16.3. The summed E-state index contributed by atoms with van der Waals surface area (Å²) in [5, 5.41) is 5.97. The predicted molar refractivity (Wildman–Crippen MR) is 117 cm³/mol. The van der Waals surface area contributed by atoms with E-state index in [-0.39, 0.29) is 12.2 Å². The lowest BCUT2D eigenvalue weighted by atomic mass is 10.0. The molecule has 2 atom stereocenters. The average molecular weight is 472 g/mol. The number of hydrogen-bond donors (Lipinski definition) is 2. The molecular formula is C23H20F4N6O. The lowest BCUT2D eigenvalue weighted by Crippen LogP contribution is -2.47. The van der Waals surface area contributed by atoms with Crippen molar-refractivity contribution in [3.63, 3.8) is 0 Å². The van der Waals surface area contributed by atoms with Crippen molar-refractivity contribution in [3.05, 3.63) is 89.3 Å². The van der Waals surface area contributed by atoms with Crippen molar-refractivity contribution in [2.75, 3.05) is 19.0 Å². The molecule has 2 aromatic carbocycles. The summed E-state index contributed by atoms with van der Waals surface area (Å²) in [5.41, 5.74) is 1.82. The van der Waals surface area contributed by atoms with Crippen LogP contribution in [0.3, 0.4) is 0 Å². The van der Waals surface area contributed by atoms with Crippen LogP contribution in [0.1, 0.15) is 17.3 Å². The summed E-state index contributed by atoms with van der Waals surface area (Å²) in [6, 6.07) is 5.99. The van der Waals surface area contributed by atoms with Crippen LogP contribution in [0.2, 0.25) is 0 Å². The molecule has 3 heterocycles. The van der Waals surface area contributed by atoms with Crippen molar-refractivity contribution in [1.82, 2.24) is 19.8 Å². The summed E-state index contributed by atoms with van der Waals surface area (Å²) >= 11 is 0. The van der Waals surface area contributed by atoms with E-state index in [2.05, 4.69) is 20.6 Å². The standard InChI is InChI=1S/C23H20F4N6O/c1-12-9-33(11-29-12)18-4-3-14(7-15(18)24)30-23-28-8-20-22(31-23)32(2)19(10-34-20)13-5-16(25)21(27)17(26)6-13/h3-9,11,19,22H,10H2,1-2H3,(H2,28,30,31). The molecule has 0 saturated carbocycles. The zero-order chi connectivity index (χ0) is 24.0. The van der Waals surface area contributed by atoms with Gasteiger partial charge in [0, 0.05) is 18.1 Å². The van der Waals surface area contributed by atoms with Gasteiger partial charge in [0.15, 0.2) is 29.4 Å². The Balaban J connectivity index is 1.35. The molecule has 7 nitrogen and oxygen atoms in total. The Bertz CT molecular complexity index is 1300. The van der Waals surface area contributed by atoms with Gasteiger partial charge in [-0.1, -0.05) is 0 Å². The second-order valence-corrected chi connectivity index (χ2v) is 8.05. The van der Waals surface area contributed by atoms with Crippen molar-refractivity contribution < 1.29 is 22.3 Å². The van der Waals surface area contributed by atoms with Crippen LogP contribution in [-0.2, 0) is 4.74 Å². The number of aromatic nitrogens is 2. The molecule has 0 radical (unpaired) electrons. The Morgan fingerprint density at radius 3 is 2.53 bits per heavy atom. The Labute approximate surface area is 192 Å². The number of nitrogens with one attached hydrogen (secondary N) is 2. The van der Waals surface area contributed by atoms with Gasteiger partial charge >= 0.3 is 0 Å². The number of anilines is 1. The van der Waals surface area contributed by atoms with Crippen LogP contribution >= 0.6 is 0 Å². The van der Waals surface area contributed by atoms with Crippen molar-refractivity contribution in [2.45, 2.75) is 19.1 Å². The topological polar surface area (TPSA) is 66.7 Å². The maximum absolute atomic E-state index is 14.7. The largest absolute Gasteiger partial charge is 0.491 e. The number of benzene rings is 2. The number of imidazole rings is 1. The normalized spacial score (nSPS) is 20.1. The molecule has 2 aliphatic heterocycles. The Morgan fingerprint density at radius 2 is 1.85 bits per heavy atom. The number of ether oxygens (including phenoxy) is 1. The minimum atomic E-state index is -1.52. The zero-order valence-corrected chi connectivity index (χ0v) is 18.2. The molecular weight excluding hydrogens is 452 g/mol. The average Bonchev–Trinajstić information content (AvgIpc) is 3.24. The van der Waals surface area contributed by atoms with E-state index in [4.69, 9.17) is 4.74 Å². The molecule has 11 heteroatoms. The van der Waals surface area contributed by atoms with Crippen LogP contribution in [-0.4, -0.2) is 40.2 Å². The highest BCUT2D eigenvalue weighted by Crippen LogP contribution is 2.33. The Hall–Kier alpha value is -3.86. The number of rotatable bonds is 3. The van der Waals surface area contributed by atoms with Gasteiger partial charge < -0.3 is 19.9 Å². The first kappa shape index (κ1) is 22.0. The fourth-order valence-electron chi connectivity index (χ4n) is 3.96. The van der Waals surface area contributed by atoms with Crippen molar-refractivity contribution in [1.29, 1.82) is 0 Å². The van der Waals surface area contributed by atoms with E-state index >= 15 is 0 Å². The van der Waals surface area contributed by atoms with Crippen LogP contribution in [0.15, 0.2) is 59.8 Å². The first-order valence-corrected chi connectivity index (χ1v) is 10.4. The summed E-state index contributed by atoms with van der Waals surface area (Å²) in [6.07, 6.45) is 4.25. The van der Waals surface area contributed by atoms with E-state index in [1.807, 2.05) is 6.92 Å². The van der Waals surface area contributed by atoms with Crippen molar-refractivity contribution in [3.8, 4) is 5.69 Å². The second-order valence-electron chi connectivity index (χ2n) is 8.05. The molecule has 1 fully saturated rings. The van der Waals surface area contributed by atoms with Gasteiger partial charge in [0.2, 0.25) is 5.96 Å². The monoisotopic (exact) mass is 472 g/mol. The molecule has 5 rings (SSSR count). The summed E-state index contributed by atoms with van der Waals surface area (Å²) in [5.74, 6) is -3.67. The molecule has 3 aromatic rings. The molecule has 0 bridgehead atoms. The number of likely N-dealkylation sites (N-methyl/N-ethyl adjacent to an activating group) is 1. The Kier molecular flexibility index (Phi) is 5.48. The number of halogens is 4. The molecule has 2 aliphatic rings. The van der Waals surface area contributed by atoms with E-state index in [0.717, 1.165) is 17.8 Å². The fraction of sp³-hybridized carbons (Fsp3) is 0.217. The Morgan fingerprint density at radius 1 is 1.09 bits per heavy atom. The molecule has 1 aromatic heterocycles. The minimum absolute atomic E-state index is 0.101. The highest BCUT2D eigenvalue weighted by molar-refractivity contribution is 5.95. The van der Waals surface area contributed by atoms with E-state index in [9.17, 15) is 17.6 Å². The number of nitrogens with zero attached hydrogens (tertiary/aromatic N) is 4. The quantitative estimate of drug-likeness (QED) is 0.446. The minimum Gasteiger partial charge on any atom is -0.491 e. The molecule has 2 N–H and O–H groups in total. The summed E-state index contributed by atoms with van der Waals surface area (Å²) < 4.78 is 62.9. The van der Waals surface area contributed by atoms with Crippen molar-refractivity contribution >= 4 is 11.6 Å². The molecule has 1 saturated heterocycles. The number of aliphatic imine (C=N–C) groups is 1. The number of guanidine groups is 1. The second kappa shape index (κ2) is 8.49. The maximum Gasteiger partial charge on any atom is 0.202 e. The van der Waals surface area contributed by atoms with E-state index in [1.54, 1.807) is 41.0 Å². The SMILES string of the molecule is Cc1cn(-c2ccc(NC3=NC4C(=CN3)OCC(c3cc(F)c(F)c(F)c3)N4C)cc2F)cn1. The number of morpholine rings is 1. The van der Waals surface area contributed by atoms with Gasteiger partial charge in [-0.05, 0) is 49.9 Å². The van der Waals surface area contributed by atoms with E-state index in [1.165, 1.54) is 12.4 Å². The van der Waals surface area contributed by atoms with Gasteiger partial charge in [-0.2, -0.15) is 0 Å². The lowest BCUT2D eigenvalue weighted by molar-refractivity contribution is 0.0152. The lowest BCUT2D eigenvalue weighted by Gasteiger charge is -2.40. The van der Waals surface area contributed by atoms with Crippen LogP contribution in [0.25, 0.3) is 5.69 Å². The number of fused-ring (bicyclic) bond motifs is 1. The van der Waals surface area contributed by atoms with Crippen LogP contribution in [0.4, 0.5) is 23.2 Å². The van der Waals surface area contributed by atoms with Crippen LogP contribution in [0.5, 0.6) is 0 Å². The third-order valence-corrected chi connectivity index (χ3v) is 5.73. The molecule has 0 amide bonds. The summed E-state index contributed by atoms with van der Waals surface area (Å²) in [7, 11) is 1.72. The van der Waals surface area contributed by atoms with Gasteiger partial charge in [0.05, 0.1) is 23.8 Å². The predicted octanol–water partition coefficient (Wildman–Crippen LogP) is 3.98. The van der Waals surface area contributed by atoms with Gasteiger partial charge in [0.25, 0.3) is 0 Å². The van der Waals surface area contributed by atoms with Gasteiger partial charge in [-0.15, -0.1) is 0 Å². The van der Waals surface area contributed by atoms with E-state index < -0.39 is 35.5 Å². The van der Waals surface area contributed by atoms with Gasteiger partial charge in [-0.3, -0.25) is 4.90 Å². The van der Waals surface area contributed by atoms with Crippen LogP contribution in [0, 0.1) is 30.2 Å². The molecule has 0 aliphatic carbocycles. The van der Waals surface area contributed by atoms with Gasteiger partial charge in [0.1, 0.15) is 12.4 Å². The summed E-state index contributed by atoms with van der Waals surface area (Å²) in [4.78, 5) is 10.4. The maximum atomic E-state index is 14.7. The third kappa shape index (κ3) is 3.98. The third-order valence-electron chi connectivity index (χ3n) is 5.73. The van der Waals surface area contributed by atoms with Crippen LogP contribution < -0.4 is 10.6 Å². The highest BCUT2D eigenvalue weighted by Gasteiger charge is 2.36. The highest BCUT2D eigenvalue weighted by atomic mass is 19.2. The molecule has 0 spiro atoms. The number of aryl methyl sites for hydroxylation is 1. The first-order valence-electron chi connectivity index (χ1n) is 10.4. The smallest absolute Gasteiger partial charge is 0.202 e. The van der Waals surface area contributed by atoms with Crippen molar-refractivity contribution in [2.24, 2.45) is 4.99 Å².